The Morgan fingerprint density at radius 2 is 1.95 bits per heavy atom. The zero-order valence-corrected chi connectivity index (χ0v) is 13.7. The minimum Gasteiger partial charge on any atom is -0.372 e. The van der Waals surface area contributed by atoms with Crippen molar-refractivity contribution in [2.24, 2.45) is 5.92 Å². The van der Waals surface area contributed by atoms with Crippen molar-refractivity contribution in [2.45, 2.75) is 26.7 Å². The Morgan fingerprint density at radius 3 is 2.55 bits per heavy atom. The largest absolute Gasteiger partial charge is 0.372 e. The number of nitrogens with one attached hydrogen (secondary N) is 1. The Bertz CT molecular complexity index is 644. The number of anilines is 2. The number of nitrogens with zero attached hydrogens (tertiary/aromatic N) is 3. The minimum absolute atomic E-state index is 0.146. The van der Waals surface area contributed by atoms with Gasteiger partial charge in [0.2, 0.25) is 0 Å². The van der Waals surface area contributed by atoms with Crippen molar-refractivity contribution in [2.75, 3.05) is 23.3 Å². The minimum atomic E-state index is -0.146. The second kappa shape index (κ2) is 6.44. The standard InChI is InChI=1S/C16H20N4OS/c1-11-7-9-20(10-8-11)14-5-3-13(4-6-14)17-16(21)15-12(2)18-19-22-15/h3-6,11H,7-10H2,1-2H3,(H,17,21). The predicted octanol–water partition coefficient (Wildman–Crippen LogP) is 3.34. The molecule has 0 saturated carbocycles. The topological polar surface area (TPSA) is 58.1 Å². The third-order valence-corrected chi connectivity index (χ3v) is 4.96. The van der Waals surface area contributed by atoms with E-state index < -0.39 is 0 Å². The highest BCUT2D eigenvalue weighted by molar-refractivity contribution is 7.08. The fraction of sp³-hybridized carbons (Fsp3) is 0.438. The number of benzene rings is 1. The van der Waals surface area contributed by atoms with Gasteiger partial charge in [-0.3, -0.25) is 4.79 Å². The average molecular weight is 316 g/mol. The molecule has 0 spiro atoms. The van der Waals surface area contributed by atoms with Crippen LogP contribution in [0.4, 0.5) is 11.4 Å². The van der Waals surface area contributed by atoms with Crippen LogP contribution in [0, 0.1) is 12.8 Å². The Morgan fingerprint density at radius 1 is 1.27 bits per heavy atom. The van der Waals surface area contributed by atoms with Gasteiger partial charge in [-0.1, -0.05) is 11.4 Å². The summed E-state index contributed by atoms with van der Waals surface area (Å²) < 4.78 is 3.79. The van der Waals surface area contributed by atoms with Gasteiger partial charge >= 0.3 is 0 Å². The summed E-state index contributed by atoms with van der Waals surface area (Å²) in [5.41, 5.74) is 2.69. The van der Waals surface area contributed by atoms with Crippen LogP contribution in [-0.2, 0) is 0 Å². The Kier molecular flexibility index (Phi) is 4.38. The normalized spacial score (nSPS) is 15.8. The summed E-state index contributed by atoms with van der Waals surface area (Å²) in [4.78, 5) is 15.1. The molecule has 0 radical (unpaired) electrons. The summed E-state index contributed by atoms with van der Waals surface area (Å²) in [5, 5.41) is 6.76. The molecule has 3 rings (SSSR count). The SMILES string of the molecule is Cc1nnsc1C(=O)Nc1ccc(N2CCC(C)CC2)cc1. The lowest BCUT2D eigenvalue weighted by Crippen LogP contribution is -2.32. The Hall–Kier alpha value is -1.95. The van der Waals surface area contributed by atoms with Gasteiger partial charge in [-0.2, -0.15) is 0 Å². The van der Waals surface area contributed by atoms with Gasteiger partial charge in [-0.25, -0.2) is 0 Å². The number of hydrogen-bond donors (Lipinski definition) is 1. The highest BCUT2D eigenvalue weighted by Crippen LogP contribution is 2.24. The fourth-order valence-electron chi connectivity index (χ4n) is 2.65. The van der Waals surface area contributed by atoms with E-state index in [4.69, 9.17) is 0 Å². The maximum Gasteiger partial charge on any atom is 0.269 e. The molecule has 6 heteroatoms. The van der Waals surface area contributed by atoms with E-state index in [9.17, 15) is 4.79 Å². The van der Waals surface area contributed by atoms with Gasteiger partial charge in [0.05, 0.1) is 5.69 Å². The molecule has 0 bridgehead atoms. The third-order valence-electron chi connectivity index (χ3n) is 4.13. The maximum atomic E-state index is 12.1. The molecule has 2 aromatic rings. The molecule has 1 aromatic carbocycles. The van der Waals surface area contributed by atoms with Crippen LogP contribution in [0.1, 0.15) is 35.1 Å². The molecule has 1 N–H and O–H groups in total. The van der Waals surface area contributed by atoms with E-state index >= 15 is 0 Å². The van der Waals surface area contributed by atoms with E-state index in [2.05, 4.69) is 38.9 Å². The molecule has 2 heterocycles. The van der Waals surface area contributed by atoms with Crippen LogP contribution in [0.15, 0.2) is 24.3 Å². The van der Waals surface area contributed by atoms with E-state index in [0.717, 1.165) is 36.2 Å². The third kappa shape index (κ3) is 3.27. The number of amides is 1. The molecule has 0 unspecified atom stereocenters. The number of aromatic nitrogens is 2. The smallest absolute Gasteiger partial charge is 0.269 e. The maximum absolute atomic E-state index is 12.1. The predicted molar refractivity (Wildman–Crippen MR) is 89.7 cm³/mol. The van der Waals surface area contributed by atoms with Crippen LogP contribution in [0.2, 0.25) is 0 Å². The summed E-state index contributed by atoms with van der Waals surface area (Å²) in [7, 11) is 0. The number of hydrogen-bond acceptors (Lipinski definition) is 5. The highest BCUT2D eigenvalue weighted by Gasteiger charge is 2.16. The van der Waals surface area contributed by atoms with Crippen molar-refractivity contribution in [3.8, 4) is 0 Å². The molecule has 1 aromatic heterocycles. The lowest BCUT2D eigenvalue weighted by molar-refractivity contribution is 0.103. The van der Waals surface area contributed by atoms with Crippen molar-refractivity contribution >= 4 is 28.8 Å². The van der Waals surface area contributed by atoms with Gasteiger partial charge in [0.15, 0.2) is 0 Å². The van der Waals surface area contributed by atoms with Crippen molar-refractivity contribution in [3.63, 3.8) is 0 Å². The summed E-state index contributed by atoms with van der Waals surface area (Å²) in [5.74, 6) is 0.679. The Balaban J connectivity index is 1.64. The van der Waals surface area contributed by atoms with Crippen LogP contribution in [-0.4, -0.2) is 28.6 Å². The summed E-state index contributed by atoms with van der Waals surface area (Å²) >= 11 is 1.12. The van der Waals surface area contributed by atoms with Crippen LogP contribution >= 0.6 is 11.5 Å². The second-order valence-electron chi connectivity index (χ2n) is 5.86. The van der Waals surface area contributed by atoms with Crippen molar-refractivity contribution in [1.82, 2.24) is 9.59 Å². The average Bonchev–Trinajstić information content (AvgIpc) is 2.95. The second-order valence-corrected chi connectivity index (χ2v) is 6.61. The molecule has 22 heavy (non-hydrogen) atoms. The number of piperidine rings is 1. The molecule has 0 atom stereocenters. The number of carbonyl (C=O) groups excluding carboxylic acids is 1. The first-order valence-corrected chi connectivity index (χ1v) is 8.36. The molecule has 116 valence electrons. The molecule has 0 aliphatic carbocycles. The van der Waals surface area contributed by atoms with Gasteiger partial charge in [-0.15, -0.1) is 5.10 Å². The first-order valence-electron chi connectivity index (χ1n) is 7.59. The van der Waals surface area contributed by atoms with Crippen molar-refractivity contribution in [3.05, 3.63) is 34.8 Å². The molecule has 1 saturated heterocycles. The summed E-state index contributed by atoms with van der Waals surface area (Å²) in [6, 6.07) is 8.05. The summed E-state index contributed by atoms with van der Waals surface area (Å²) in [6.45, 7) is 6.32. The van der Waals surface area contributed by atoms with E-state index in [1.807, 2.05) is 12.1 Å². The molecule has 1 fully saturated rings. The lowest BCUT2D eigenvalue weighted by Gasteiger charge is -2.32. The van der Waals surface area contributed by atoms with Gasteiger partial charge < -0.3 is 10.2 Å². The molecule has 1 amide bonds. The monoisotopic (exact) mass is 316 g/mol. The quantitative estimate of drug-likeness (QED) is 0.943. The molecule has 1 aliphatic heterocycles. The van der Waals surface area contributed by atoms with Crippen LogP contribution in [0.25, 0.3) is 0 Å². The zero-order valence-electron chi connectivity index (χ0n) is 12.9. The van der Waals surface area contributed by atoms with Crippen LogP contribution in [0.5, 0.6) is 0 Å². The van der Waals surface area contributed by atoms with Gasteiger partial charge in [-0.05, 0) is 61.5 Å². The van der Waals surface area contributed by atoms with E-state index in [1.54, 1.807) is 6.92 Å². The molecule has 1 aliphatic rings. The highest BCUT2D eigenvalue weighted by atomic mass is 32.1. The molecular formula is C16H20N4OS. The van der Waals surface area contributed by atoms with Gasteiger partial charge in [0, 0.05) is 24.5 Å². The molecule has 5 nitrogen and oxygen atoms in total. The Labute approximate surface area is 134 Å². The van der Waals surface area contributed by atoms with Gasteiger partial charge in [0.1, 0.15) is 4.88 Å². The fourth-order valence-corrected chi connectivity index (χ4v) is 3.20. The van der Waals surface area contributed by atoms with E-state index in [1.165, 1.54) is 18.5 Å². The van der Waals surface area contributed by atoms with Gasteiger partial charge in [0.25, 0.3) is 5.91 Å². The lowest BCUT2D eigenvalue weighted by atomic mass is 9.99. The number of carbonyl (C=O) groups is 1. The van der Waals surface area contributed by atoms with E-state index in [-0.39, 0.29) is 5.91 Å². The van der Waals surface area contributed by atoms with Crippen LogP contribution < -0.4 is 10.2 Å². The summed E-state index contributed by atoms with van der Waals surface area (Å²) in [6.07, 6.45) is 2.49. The van der Waals surface area contributed by atoms with Crippen molar-refractivity contribution in [1.29, 1.82) is 0 Å². The number of aryl methyl sites for hydroxylation is 1. The number of rotatable bonds is 3. The van der Waals surface area contributed by atoms with Crippen molar-refractivity contribution < 1.29 is 4.79 Å². The van der Waals surface area contributed by atoms with Crippen LogP contribution in [0.3, 0.4) is 0 Å². The zero-order chi connectivity index (χ0) is 15.5. The first kappa shape index (κ1) is 15.0. The first-order chi connectivity index (χ1) is 10.6. The van der Waals surface area contributed by atoms with E-state index in [0.29, 0.717) is 10.6 Å². The molecular weight excluding hydrogens is 296 g/mol.